The lowest BCUT2D eigenvalue weighted by Crippen LogP contribution is -2.17. The van der Waals surface area contributed by atoms with Crippen LogP contribution in [0.1, 0.15) is 23.4 Å². The predicted molar refractivity (Wildman–Crippen MR) is 65.9 cm³/mol. The van der Waals surface area contributed by atoms with Gasteiger partial charge in [-0.05, 0) is 36.1 Å². The lowest BCUT2D eigenvalue weighted by atomic mass is 10.2. The van der Waals surface area contributed by atoms with Crippen molar-refractivity contribution < 1.29 is 8.78 Å². The molecule has 0 unspecified atom stereocenters. The van der Waals surface area contributed by atoms with E-state index in [1.165, 1.54) is 17.0 Å². The summed E-state index contributed by atoms with van der Waals surface area (Å²) < 4.78 is 25.9. The summed E-state index contributed by atoms with van der Waals surface area (Å²) in [5.41, 5.74) is 0.617. The maximum atomic E-state index is 13.0. The Morgan fingerprint density at radius 3 is 2.53 bits per heavy atom. The van der Waals surface area contributed by atoms with Crippen molar-refractivity contribution in [1.29, 1.82) is 0 Å². The quantitative estimate of drug-likeness (QED) is 0.872. The van der Waals surface area contributed by atoms with Gasteiger partial charge in [-0.15, -0.1) is 11.3 Å². The highest BCUT2D eigenvalue weighted by Crippen LogP contribution is 2.18. The predicted octanol–water partition coefficient (Wildman–Crippen LogP) is 3.88. The maximum absolute atomic E-state index is 13.0. The third kappa shape index (κ3) is 3.35. The van der Waals surface area contributed by atoms with E-state index in [0.29, 0.717) is 12.1 Å². The van der Waals surface area contributed by atoms with Crippen molar-refractivity contribution in [2.45, 2.75) is 19.5 Å². The number of hydrogen-bond acceptors (Lipinski definition) is 2. The molecule has 0 bridgehead atoms. The van der Waals surface area contributed by atoms with Gasteiger partial charge in [0, 0.05) is 23.5 Å². The van der Waals surface area contributed by atoms with Crippen LogP contribution in [0.2, 0.25) is 0 Å². The zero-order chi connectivity index (χ0) is 12.3. The van der Waals surface area contributed by atoms with E-state index in [1.54, 1.807) is 11.3 Å². The van der Waals surface area contributed by atoms with Crippen molar-refractivity contribution in [1.82, 2.24) is 5.32 Å². The Morgan fingerprint density at radius 2 is 1.94 bits per heavy atom. The molecule has 90 valence electrons. The first-order valence-corrected chi connectivity index (χ1v) is 6.25. The monoisotopic (exact) mass is 253 g/mol. The molecule has 0 saturated heterocycles. The van der Waals surface area contributed by atoms with Crippen molar-refractivity contribution in [2.75, 3.05) is 0 Å². The molecule has 1 nitrogen and oxygen atoms in total. The molecular formula is C13H13F2NS. The largest absolute Gasteiger partial charge is 0.305 e. The van der Waals surface area contributed by atoms with Crippen molar-refractivity contribution >= 4 is 11.3 Å². The van der Waals surface area contributed by atoms with E-state index in [4.69, 9.17) is 0 Å². The van der Waals surface area contributed by atoms with Gasteiger partial charge < -0.3 is 5.32 Å². The average molecular weight is 253 g/mol. The average Bonchev–Trinajstić information content (AvgIpc) is 2.78. The summed E-state index contributed by atoms with van der Waals surface area (Å²) in [5, 5.41) is 5.24. The Kier molecular flexibility index (Phi) is 3.86. The van der Waals surface area contributed by atoms with Gasteiger partial charge in [-0.1, -0.05) is 6.07 Å². The summed E-state index contributed by atoms with van der Waals surface area (Å²) in [5.74, 6) is -1.07. The minimum Gasteiger partial charge on any atom is -0.305 e. The standard InChI is InChI=1S/C13H13F2NS/c1-9(13-3-2-4-17-13)16-8-10-5-11(14)7-12(15)6-10/h2-7,9,16H,8H2,1H3/t9-/m0/s1. The van der Waals surface area contributed by atoms with Gasteiger partial charge in [-0.2, -0.15) is 0 Å². The van der Waals surface area contributed by atoms with Crippen LogP contribution in [0.4, 0.5) is 8.78 Å². The van der Waals surface area contributed by atoms with Crippen LogP contribution in [0.3, 0.4) is 0 Å². The molecule has 4 heteroatoms. The zero-order valence-corrected chi connectivity index (χ0v) is 10.2. The van der Waals surface area contributed by atoms with Gasteiger partial charge in [0.2, 0.25) is 0 Å². The summed E-state index contributed by atoms with van der Waals surface area (Å²) in [4.78, 5) is 1.21. The number of halogens is 2. The Balaban J connectivity index is 1.98. The topological polar surface area (TPSA) is 12.0 Å². The maximum Gasteiger partial charge on any atom is 0.126 e. The fourth-order valence-corrected chi connectivity index (χ4v) is 2.38. The first kappa shape index (κ1) is 12.2. The number of thiophene rings is 1. The molecule has 0 aliphatic carbocycles. The molecule has 1 N–H and O–H groups in total. The molecule has 1 heterocycles. The van der Waals surface area contributed by atoms with E-state index in [-0.39, 0.29) is 6.04 Å². The van der Waals surface area contributed by atoms with E-state index in [0.717, 1.165) is 6.07 Å². The molecule has 1 aromatic heterocycles. The zero-order valence-electron chi connectivity index (χ0n) is 9.41. The fourth-order valence-electron chi connectivity index (χ4n) is 1.62. The Morgan fingerprint density at radius 1 is 1.24 bits per heavy atom. The first-order valence-electron chi connectivity index (χ1n) is 5.37. The van der Waals surface area contributed by atoms with E-state index in [9.17, 15) is 8.78 Å². The van der Waals surface area contributed by atoms with Crippen LogP contribution >= 0.6 is 11.3 Å². The molecule has 0 aliphatic heterocycles. The molecule has 0 amide bonds. The molecule has 0 saturated carbocycles. The molecule has 2 aromatic rings. The van der Waals surface area contributed by atoms with E-state index in [2.05, 4.69) is 5.32 Å². The van der Waals surface area contributed by atoms with Crippen LogP contribution in [-0.4, -0.2) is 0 Å². The summed E-state index contributed by atoms with van der Waals surface area (Å²) in [6.45, 7) is 2.48. The van der Waals surface area contributed by atoms with Crippen LogP contribution < -0.4 is 5.32 Å². The summed E-state index contributed by atoms with van der Waals surface area (Å²) >= 11 is 1.66. The van der Waals surface area contributed by atoms with Crippen LogP contribution in [0.5, 0.6) is 0 Å². The Labute approximate surface area is 103 Å². The van der Waals surface area contributed by atoms with Gasteiger partial charge in [0.15, 0.2) is 0 Å². The van der Waals surface area contributed by atoms with Crippen LogP contribution in [0.15, 0.2) is 35.7 Å². The summed E-state index contributed by atoms with van der Waals surface area (Å²) in [6, 6.07) is 7.77. The molecule has 1 atom stereocenters. The minimum atomic E-state index is -0.537. The lowest BCUT2D eigenvalue weighted by Gasteiger charge is -2.12. The fraction of sp³-hybridized carbons (Fsp3) is 0.231. The second kappa shape index (κ2) is 5.38. The van der Waals surface area contributed by atoms with E-state index < -0.39 is 11.6 Å². The summed E-state index contributed by atoms with van der Waals surface area (Å²) in [7, 11) is 0. The number of nitrogens with one attached hydrogen (secondary N) is 1. The molecule has 17 heavy (non-hydrogen) atoms. The molecule has 0 radical (unpaired) electrons. The second-order valence-corrected chi connectivity index (χ2v) is 4.87. The van der Waals surface area contributed by atoms with E-state index in [1.807, 2.05) is 24.4 Å². The van der Waals surface area contributed by atoms with Crippen molar-refractivity contribution in [3.8, 4) is 0 Å². The normalized spacial score (nSPS) is 12.6. The Bertz CT molecular complexity index is 462. The second-order valence-electron chi connectivity index (χ2n) is 3.90. The highest BCUT2D eigenvalue weighted by atomic mass is 32.1. The summed E-state index contributed by atoms with van der Waals surface area (Å²) in [6.07, 6.45) is 0. The molecule has 2 rings (SSSR count). The molecular weight excluding hydrogens is 240 g/mol. The molecule has 0 fully saturated rings. The van der Waals surface area contributed by atoms with Gasteiger partial charge in [0.25, 0.3) is 0 Å². The Hall–Kier alpha value is -1.26. The van der Waals surface area contributed by atoms with Gasteiger partial charge in [-0.25, -0.2) is 8.78 Å². The van der Waals surface area contributed by atoms with Crippen molar-refractivity contribution in [2.24, 2.45) is 0 Å². The van der Waals surface area contributed by atoms with Crippen LogP contribution in [0.25, 0.3) is 0 Å². The SMILES string of the molecule is C[C@H](NCc1cc(F)cc(F)c1)c1cccs1. The highest BCUT2D eigenvalue weighted by Gasteiger charge is 2.06. The van der Waals surface area contributed by atoms with E-state index >= 15 is 0 Å². The van der Waals surface area contributed by atoms with Gasteiger partial charge in [0.05, 0.1) is 0 Å². The number of benzene rings is 1. The van der Waals surface area contributed by atoms with Crippen molar-refractivity contribution in [3.05, 3.63) is 57.8 Å². The van der Waals surface area contributed by atoms with Gasteiger partial charge in [0.1, 0.15) is 11.6 Å². The molecule has 0 spiro atoms. The highest BCUT2D eigenvalue weighted by molar-refractivity contribution is 7.10. The van der Waals surface area contributed by atoms with Gasteiger partial charge in [-0.3, -0.25) is 0 Å². The molecule has 1 aromatic carbocycles. The minimum absolute atomic E-state index is 0.182. The van der Waals surface area contributed by atoms with Gasteiger partial charge >= 0.3 is 0 Å². The van der Waals surface area contributed by atoms with Crippen molar-refractivity contribution in [3.63, 3.8) is 0 Å². The lowest BCUT2D eigenvalue weighted by molar-refractivity contribution is 0.558. The van der Waals surface area contributed by atoms with Crippen LogP contribution in [-0.2, 0) is 6.54 Å². The first-order chi connectivity index (χ1) is 8.15. The van der Waals surface area contributed by atoms with Crippen LogP contribution in [0, 0.1) is 11.6 Å². The smallest absolute Gasteiger partial charge is 0.126 e. The number of rotatable bonds is 4. The molecule has 0 aliphatic rings. The third-order valence-corrected chi connectivity index (χ3v) is 3.56. The number of hydrogen-bond donors (Lipinski definition) is 1. The third-order valence-electron chi connectivity index (χ3n) is 2.50.